The topological polar surface area (TPSA) is 39.7 Å². The fraction of sp³-hybridized carbons (Fsp3) is 0.538. The molecule has 1 heterocycles. The van der Waals surface area contributed by atoms with Gasteiger partial charge in [-0.1, -0.05) is 0 Å². The summed E-state index contributed by atoms with van der Waals surface area (Å²) >= 11 is 0. The molecule has 0 atom stereocenters. The van der Waals surface area contributed by atoms with Crippen LogP contribution in [0.15, 0.2) is 12.1 Å². The van der Waals surface area contributed by atoms with Gasteiger partial charge in [-0.2, -0.15) is 0 Å². The third-order valence-electron chi connectivity index (χ3n) is 3.42. The summed E-state index contributed by atoms with van der Waals surface area (Å²) in [5, 5.41) is 3.34. The Morgan fingerprint density at radius 2 is 1.76 bits per heavy atom. The molecular weight excluding hydrogens is 218 g/mol. The zero-order valence-corrected chi connectivity index (χ0v) is 10.8. The Bertz CT molecular complexity index is 408. The second-order valence-corrected chi connectivity index (χ2v) is 4.35. The molecule has 4 heteroatoms. The minimum absolute atomic E-state index is 0.0797. The van der Waals surface area contributed by atoms with E-state index >= 15 is 0 Å². The molecule has 94 valence electrons. The summed E-state index contributed by atoms with van der Waals surface area (Å²) in [5.41, 5.74) is 2.31. The highest BCUT2D eigenvalue weighted by Gasteiger charge is 2.40. The van der Waals surface area contributed by atoms with E-state index in [4.69, 9.17) is 14.2 Å². The van der Waals surface area contributed by atoms with Gasteiger partial charge >= 0.3 is 0 Å². The van der Waals surface area contributed by atoms with Gasteiger partial charge in [0.1, 0.15) is 0 Å². The Kier molecular flexibility index (Phi) is 3.26. The van der Waals surface area contributed by atoms with Crippen molar-refractivity contribution in [2.24, 2.45) is 0 Å². The van der Waals surface area contributed by atoms with Crippen molar-refractivity contribution in [1.82, 2.24) is 5.32 Å². The molecule has 1 saturated heterocycles. The van der Waals surface area contributed by atoms with Crippen molar-refractivity contribution in [3.8, 4) is 11.5 Å². The minimum Gasteiger partial charge on any atom is -0.493 e. The number of rotatable bonds is 4. The molecule has 2 rings (SSSR count). The standard InChI is InChI=1S/C13H19NO3/c1-9-5-11(15-3)12(16-4)6-10(9)13(14-2)7-17-8-13/h5-6,14H,7-8H2,1-4H3. The molecule has 4 nitrogen and oxygen atoms in total. The van der Waals surface area contributed by atoms with Crippen LogP contribution in [0.25, 0.3) is 0 Å². The Morgan fingerprint density at radius 3 is 2.18 bits per heavy atom. The molecule has 0 amide bonds. The third-order valence-corrected chi connectivity index (χ3v) is 3.42. The lowest BCUT2D eigenvalue weighted by atomic mass is 9.85. The largest absolute Gasteiger partial charge is 0.493 e. The predicted molar refractivity (Wildman–Crippen MR) is 65.8 cm³/mol. The van der Waals surface area contributed by atoms with E-state index in [9.17, 15) is 0 Å². The van der Waals surface area contributed by atoms with Gasteiger partial charge in [-0.25, -0.2) is 0 Å². The number of nitrogens with one attached hydrogen (secondary N) is 1. The van der Waals surface area contributed by atoms with Crippen LogP contribution >= 0.6 is 0 Å². The van der Waals surface area contributed by atoms with Crippen molar-refractivity contribution in [2.45, 2.75) is 12.5 Å². The van der Waals surface area contributed by atoms with Gasteiger partial charge < -0.3 is 19.5 Å². The minimum atomic E-state index is -0.0797. The van der Waals surface area contributed by atoms with Gasteiger partial charge in [0.15, 0.2) is 11.5 Å². The van der Waals surface area contributed by atoms with Crippen molar-refractivity contribution in [3.63, 3.8) is 0 Å². The number of ether oxygens (including phenoxy) is 3. The van der Waals surface area contributed by atoms with Crippen LogP contribution in [0.2, 0.25) is 0 Å². The third kappa shape index (κ3) is 1.87. The summed E-state index contributed by atoms with van der Waals surface area (Å²) in [6.07, 6.45) is 0. The Labute approximate surface area is 102 Å². The number of likely N-dealkylation sites (N-methyl/N-ethyl adjacent to an activating group) is 1. The van der Waals surface area contributed by atoms with Gasteiger partial charge in [0.25, 0.3) is 0 Å². The average molecular weight is 237 g/mol. The molecule has 0 aliphatic carbocycles. The number of aryl methyl sites for hydroxylation is 1. The van der Waals surface area contributed by atoms with Crippen LogP contribution in [0, 0.1) is 6.92 Å². The molecule has 0 bridgehead atoms. The summed E-state index contributed by atoms with van der Waals surface area (Å²) < 4.78 is 16.0. The van der Waals surface area contributed by atoms with Crippen molar-refractivity contribution in [1.29, 1.82) is 0 Å². The van der Waals surface area contributed by atoms with Crippen LogP contribution in [0.4, 0.5) is 0 Å². The predicted octanol–water partition coefficient (Wildman–Crippen LogP) is 1.46. The lowest BCUT2D eigenvalue weighted by Gasteiger charge is -2.42. The molecule has 1 N–H and O–H groups in total. The normalized spacial score (nSPS) is 17.4. The van der Waals surface area contributed by atoms with Crippen LogP contribution in [0.3, 0.4) is 0 Å². The number of methoxy groups -OCH3 is 2. The Balaban J connectivity index is 2.47. The Morgan fingerprint density at radius 1 is 1.18 bits per heavy atom. The lowest BCUT2D eigenvalue weighted by molar-refractivity contribution is -0.0751. The first-order chi connectivity index (χ1) is 8.16. The van der Waals surface area contributed by atoms with Crippen molar-refractivity contribution in [3.05, 3.63) is 23.3 Å². The highest BCUT2D eigenvalue weighted by Crippen LogP contribution is 2.38. The van der Waals surface area contributed by atoms with E-state index in [1.54, 1.807) is 14.2 Å². The van der Waals surface area contributed by atoms with Gasteiger partial charge in [0.05, 0.1) is 33.0 Å². The van der Waals surface area contributed by atoms with E-state index in [0.29, 0.717) is 13.2 Å². The van der Waals surface area contributed by atoms with Gasteiger partial charge in [0.2, 0.25) is 0 Å². The molecule has 1 aromatic rings. The summed E-state index contributed by atoms with van der Waals surface area (Å²) in [7, 11) is 5.26. The molecule has 1 aromatic carbocycles. The monoisotopic (exact) mass is 237 g/mol. The van der Waals surface area contributed by atoms with Gasteiger partial charge in [-0.3, -0.25) is 0 Å². The molecule has 1 aliphatic rings. The summed E-state index contributed by atoms with van der Waals surface area (Å²) in [4.78, 5) is 0. The van der Waals surface area contributed by atoms with Gasteiger partial charge in [-0.05, 0) is 37.2 Å². The van der Waals surface area contributed by atoms with Crippen molar-refractivity contribution < 1.29 is 14.2 Å². The number of hydrogen-bond acceptors (Lipinski definition) is 4. The second kappa shape index (κ2) is 4.55. The first-order valence-corrected chi connectivity index (χ1v) is 5.66. The average Bonchev–Trinajstić information content (AvgIpc) is 2.29. The maximum absolute atomic E-state index is 5.35. The Hall–Kier alpha value is -1.26. The molecule has 0 aromatic heterocycles. The second-order valence-electron chi connectivity index (χ2n) is 4.35. The van der Waals surface area contributed by atoms with E-state index in [2.05, 4.69) is 12.2 Å². The molecule has 1 aliphatic heterocycles. The molecule has 1 fully saturated rings. The zero-order chi connectivity index (χ0) is 12.5. The molecule has 0 saturated carbocycles. The molecule has 17 heavy (non-hydrogen) atoms. The van der Waals surface area contributed by atoms with E-state index in [0.717, 1.165) is 11.5 Å². The smallest absolute Gasteiger partial charge is 0.161 e. The maximum atomic E-state index is 5.35. The van der Waals surface area contributed by atoms with Crippen LogP contribution in [-0.4, -0.2) is 34.5 Å². The molecular formula is C13H19NO3. The summed E-state index contributed by atoms with van der Waals surface area (Å²) in [6.45, 7) is 3.47. The van der Waals surface area contributed by atoms with Gasteiger partial charge in [-0.15, -0.1) is 0 Å². The van der Waals surface area contributed by atoms with Crippen molar-refractivity contribution in [2.75, 3.05) is 34.5 Å². The van der Waals surface area contributed by atoms with Crippen LogP contribution in [0.5, 0.6) is 11.5 Å². The van der Waals surface area contributed by atoms with Crippen LogP contribution in [-0.2, 0) is 10.3 Å². The quantitative estimate of drug-likeness (QED) is 0.860. The summed E-state index contributed by atoms with van der Waals surface area (Å²) in [5.74, 6) is 1.52. The number of hydrogen-bond donors (Lipinski definition) is 1. The maximum Gasteiger partial charge on any atom is 0.161 e. The highest BCUT2D eigenvalue weighted by atomic mass is 16.5. The zero-order valence-electron chi connectivity index (χ0n) is 10.8. The fourth-order valence-electron chi connectivity index (χ4n) is 2.24. The van der Waals surface area contributed by atoms with Gasteiger partial charge in [0, 0.05) is 0 Å². The van der Waals surface area contributed by atoms with E-state index in [-0.39, 0.29) is 5.54 Å². The first kappa shape index (κ1) is 12.2. The highest BCUT2D eigenvalue weighted by molar-refractivity contribution is 5.50. The molecule has 0 spiro atoms. The van der Waals surface area contributed by atoms with Crippen LogP contribution < -0.4 is 14.8 Å². The van der Waals surface area contributed by atoms with E-state index in [1.165, 1.54) is 11.1 Å². The lowest BCUT2D eigenvalue weighted by Crippen LogP contribution is -2.56. The SMILES string of the molecule is CNC1(c2cc(OC)c(OC)cc2C)COC1. The fourth-order valence-corrected chi connectivity index (χ4v) is 2.24. The van der Waals surface area contributed by atoms with E-state index < -0.39 is 0 Å². The number of benzene rings is 1. The van der Waals surface area contributed by atoms with Crippen LogP contribution in [0.1, 0.15) is 11.1 Å². The molecule has 0 unspecified atom stereocenters. The summed E-state index contributed by atoms with van der Waals surface area (Å²) in [6, 6.07) is 4.04. The van der Waals surface area contributed by atoms with Crippen molar-refractivity contribution >= 4 is 0 Å². The van der Waals surface area contributed by atoms with E-state index in [1.807, 2.05) is 19.2 Å². The first-order valence-electron chi connectivity index (χ1n) is 5.66. The molecule has 0 radical (unpaired) electrons.